The quantitative estimate of drug-likeness (QED) is 0.349. The standard InChI is InChI=1S/C19H37NO3/c1-4-7-8-9-10-11-12-16-23-19(22)15-13-14-18(21)20-17(5-2)6-3/h17H,4-16H2,1-3H3,(H,20,21). The Kier molecular flexibility index (Phi) is 15.1. The number of rotatable bonds is 15. The van der Waals surface area contributed by atoms with Gasteiger partial charge in [0.2, 0.25) is 5.91 Å². The fraction of sp³-hybridized carbons (Fsp3) is 0.895. The van der Waals surface area contributed by atoms with Crippen molar-refractivity contribution in [1.82, 2.24) is 5.32 Å². The summed E-state index contributed by atoms with van der Waals surface area (Å²) in [6.45, 7) is 6.87. The Labute approximate surface area is 142 Å². The van der Waals surface area contributed by atoms with E-state index in [1.807, 2.05) is 0 Å². The zero-order valence-corrected chi connectivity index (χ0v) is 15.5. The maximum absolute atomic E-state index is 11.7. The van der Waals surface area contributed by atoms with Crippen molar-refractivity contribution in [3.63, 3.8) is 0 Å². The lowest BCUT2D eigenvalue weighted by atomic mass is 10.1. The van der Waals surface area contributed by atoms with Crippen LogP contribution in [-0.2, 0) is 14.3 Å². The number of unbranched alkanes of at least 4 members (excludes halogenated alkanes) is 6. The monoisotopic (exact) mass is 327 g/mol. The maximum atomic E-state index is 11.7. The van der Waals surface area contributed by atoms with Crippen molar-refractivity contribution in [1.29, 1.82) is 0 Å². The van der Waals surface area contributed by atoms with E-state index in [1.165, 1.54) is 32.1 Å². The van der Waals surface area contributed by atoms with E-state index in [1.54, 1.807) is 0 Å². The molecule has 0 bridgehead atoms. The third-order valence-corrected chi connectivity index (χ3v) is 4.15. The van der Waals surface area contributed by atoms with E-state index in [4.69, 9.17) is 4.74 Å². The number of carbonyl (C=O) groups excluding carboxylic acids is 2. The summed E-state index contributed by atoms with van der Waals surface area (Å²) in [5, 5.41) is 2.98. The van der Waals surface area contributed by atoms with Gasteiger partial charge in [0.1, 0.15) is 0 Å². The molecule has 0 aromatic heterocycles. The van der Waals surface area contributed by atoms with Crippen molar-refractivity contribution < 1.29 is 14.3 Å². The van der Waals surface area contributed by atoms with Crippen molar-refractivity contribution in [3.8, 4) is 0 Å². The Morgan fingerprint density at radius 2 is 1.43 bits per heavy atom. The average molecular weight is 328 g/mol. The molecule has 0 heterocycles. The van der Waals surface area contributed by atoms with E-state index in [-0.39, 0.29) is 17.9 Å². The van der Waals surface area contributed by atoms with Crippen LogP contribution in [0.5, 0.6) is 0 Å². The molecule has 0 aromatic rings. The highest BCUT2D eigenvalue weighted by molar-refractivity contribution is 5.77. The molecule has 0 spiro atoms. The molecule has 23 heavy (non-hydrogen) atoms. The van der Waals surface area contributed by atoms with Crippen molar-refractivity contribution in [3.05, 3.63) is 0 Å². The summed E-state index contributed by atoms with van der Waals surface area (Å²) < 4.78 is 5.20. The van der Waals surface area contributed by atoms with Crippen LogP contribution in [0.1, 0.15) is 97.8 Å². The van der Waals surface area contributed by atoms with Crippen LogP contribution in [0.15, 0.2) is 0 Å². The van der Waals surface area contributed by atoms with Gasteiger partial charge in [0.05, 0.1) is 6.61 Å². The molecule has 0 saturated heterocycles. The second kappa shape index (κ2) is 15.8. The Balaban J connectivity index is 3.45. The number of hydrogen-bond acceptors (Lipinski definition) is 3. The first-order chi connectivity index (χ1) is 11.1. The molecule has 0 atom stereocenters. The molecule has 0 fully saturated rings. The van der Waals surface area contributed by atoms with Crippen LogP contribution in [0.3, 0.4) is 0 Å². The summed E-state index contributed by atoms with van der Waals surface area (Å²) in [4.78, 5) is 23.3. The van der Waals surface area contributed by atoms with Crippen molar-refractivity contribution in [2.75, 3.05) is 6.61 Å². The summed E-state index contributed by atoms with van der Waals surface area (Å²) in [6.07, 6.45) is 11.7. The molecular weight excluding hydrogens is 290 g/mol. The lowest BCUT2D eigenvalue weighted by Crippen LogP contribution is -2.33. The third kappa shape index (κ3) is 14.3. The molecule has 0 radical (unpaired) electrons. The molecule has 0 aliphatic heterocycles. The highest BCUT2D eigenvalue weighted by atomic mass is 16.5. The van der Waals surface area contributed by atoms with E-state index in [0.717, 1.165) is 25.7 Å². The minimum atomic E-state index is -0.175. The van der Waals surface area contributed by atoms with E-state index in [0.29, 0.717) is 25.9 Å². The van der Waals surface area contributed by atoms with Crippen LogP contribution < -0.4 is 5.32 Å². The minimum Gasteiger partial charge on any atom is -0.466 e. The number of carbonyl (C=O) groups is 2. The summed E-state index contributed by atoms with van der Waals surface area (Å²) in [5.74, 6) is -0.134. The van der Waals surface area contributed by atoms with Gasteiger partial charge in [0, 0.05) is 18.9 Å². The first-order valence-electron chi connectivity index (χ1n) is 9.58. The van der Waals surface area contributed by atoms with Gasteiger partial charge in [-0.3, -0.25) is 9.59 Å². The number of amides is 1. The number of nitrogens with one attached hydrogen (secondary N) is 1. The first-order valence-corrected chi connectivity index (χ1v) is 9.58. The van der Waals surface area contributed by atoms with Gasteiger partial charge in [-0.05, 0) is 25.7 Å². The van der Waals surface area contributed by atoms with Gasteiger partial charge in [-0.2, -0.15) is 0 Å². The fourth-order valence-corrected chi connectivity index (χ4v) is 2.50. The van der Waals surface area contributed by atoms with Crippen LogP contribution in [0.4, 0.5) is 0 Å². The lowest BCUT2D eigenvalue weighted by Gasteiger charge is -2.14. The van der Waals surface area contributed by atoms with E-state index in [2.05, 4.69) is 26.1 Å². The average Bonchev–Trinajstić information content (AvgIpc) is 2.55. The number of esters is 1. The molecule has 1 amide bonds. The molecule has 1 N–H and O–H groups in total. The zero-order valence-electron chi connectivity index (χ0n) is 15.5. The topological polar surface area (TPSA) is 55.4 Å². The van der Waals surface area contributed by atoms with Crippen molar-refractivity contribution in [2.45, 2.75) is 104 Å². The molecule has 0 rings (SSSR count). The van der Waals surface area contributed by atoms with Gasteiger partial charge in [0.25, 0.3) is 0 Å². The minimum absolute atomic E-state index is 0.0404. The molecule has 0 aromatic carbocycles. The highest BCUT2D eigenvalue weighted by Crippen LogP contribution is 2.07. The molecule has 4 nitrogen and oxygen atoms in total. The number of hydrogen-bond donors (Lipinski definition) is 1. The van der Waals surface area contributed by atoms with Gasteiger partial charge < -0.3 is 10.1 Å². The Hall–Kier alpha value is -1.06. The molecule has 0 unspecified atom stereocenters. The van der Waals surface area contributed by atoms with Gasteiger partial charge in [-0.15, -0.1) is 0 Å². The molecule has 0 saturated carbocycles. The normalized spacial score (nSPS) is 10.8. The van der Waals surface area contributed by atoms with E-state index >= 15 is 0 Å². The predicted octanol–water partition coefficient (Wildman–Crippen LogP) is 4.76. The van der Waals surface area contributed by atoms with Crippen LogP contribution in [0, 0.1) is 0 Å². The second-order valence-electron chi connectivity index (χ2n) is 6.28. The Bertz CT molecular complexity index is 301. The molecule has 0 aliphatic rings. The predicted molar refractivity (Wildman–Crippen MR) is 95.3 cm³/mol. The van der Waals surface area contributed by atoms with E-state index < -0.39 is 0 Å². The summed E-state index contributed by atoms with van der Waals surface area (Å²) in [7, 11) is 0. The third-order valence-electron chi connectivity index (χ3n) is 4.15. The van der Waals surface area contributed by atoms with E-state index in [9.17, 15) is 9.59 Å². The summed E-state index contributed by atoms with van der Waals surface area (Å²) in [6, 6.07) is 0.256. The Morgan fingerprint density at radius 1 is 0.826 bits per heavy atom. The largest absolute Gasteiger partial charge is 0.466 e. The maximum Gasteiger partial charge on any atom is 0.305 e. The Morgan fingerprint density at radius 3 is 2.04 bits per heavy atom. The van der Waals surface area contributed by atoms with Gasteiger partial charge >= 0.3 is 5.97 Å². The lowest BCUT2D eigenvalue weighted by molar-refractivity contribution is -0.143. The second-order valence-corrected chi connectivity index (χ2v) is 6.28. The smallest absolute Gasteiger partial charge is 0.305 e. The van der Waals surface area contributed by atoms with Gasteiger partial charge in [0.15, 0.2) is 0 Å². The molecule has 0 aliphatic carbocycles. The van der Waals surface area contributed by atoms with Crippen molar-refractivity contribution >= 4 is 11.9 Å². The molecule has 4 heteroatoms. The summed E-state index contributed by atoms with van der Waals surface area (Å²) >= 11 is 0. The highest BCUT2D eigenvalue weighted by Gasteiger charge is 2.09. The van der Waals surface area contributed by atoms with Gasteiger partial charge in [-0.25, -0.2) is 0 Å². The van der Waals surface area contributed by atoms with Crippen LogP contribution >= 0.6 is 0 Å². The number of ether oxygens (including phenoxy) is 1. The molecule has 136 valence electrons. The van der Waals surface area contributed by atoms with Crippen LogP contribution in [-0.4, -0.2) is 24.5 Å². The summed E-state index contributed by atoms with van der Waals surface area (Å²) in [5.41, 5.74) is 0. The van der Waals surface area contributed by atoms with Crippen LogP contribution in [0.2, 0.25) is 0 Å². The first kappa shape index (κ1) is 21.9. The molecular formula is C19H37NO3. The van der Waals surface area contributed by atoms with Crippen molar-refractivity contribution in [2.24, 2.45) is 0 Å². The zero-order chi connectivity index (χ0) is 17.3. The SMILES string of the molecule is CCCCCCCCCOC(=O)CCCC(=O)NC(CC)CC. The van der Waals surface area contributed by atoms with Crippen LogP contribution in [0.25, 0.3) is 0 Å². The fourth-order valence-electron chi connectivity index (χ4n) is 2.50. The van der Waals surface area contributed by atoms with Gasteiger partial charge in [-0.1, -0.05) is 59.3 Å².